The third-order valence-electron chi connectivity index (χ3n) is 3.78. The van der Waals surface area contributed by atoms with Gasteiger partial charge in [0.15, 0.2) is 0 Å². The first-order chi connectivity index (χ1) is 9.22. The first-order valence-corrected chi connectivity index (χ1v) is 6.79. The highest BCUT2D eigenvalue weighted by molar-refractivity contribution is 5.98. The van der Waals surface area contributed by atoms with Crippen molar-refractivity contribution in [2.75, 3.05) is 20.1 Å². The number of nitrogens with zero attached hydrogens (tertiary/aromatic N) is 1. The molecule has 0 saturated carbocycles. The van der Waals surface area contributed by atoms with Gasteiger partial charge < -0.3 is 15.2 Å². The Bertz CT molecular complexity index is 590. The first kappa shape index (κ1) is 12.2. The van der Waals surface area contributed by atoms with Gasteiger partial charge in [-0.25, -0.2) is 0 Å². The van der Waals surface area contributed by atoms with Crippen molar-refractivity contribution in [2.24, 2.45) is 0 Å². The summed E-state index contributed by atoms with van der Waals surface area (Å²) in [5.41, 5.74) is 1.80. The van der Waals surface area contributed by atoms with E-state index in [1.165, 1.54) is 0 Å². The van der Waals surface area contributed by atoms with Crippen LogP contribution in [0.1, 0.15) is 23.2 Å². The van der Waals surface area contributed by atoms with E-state index in [0.29, 0.717) is 0 Å². The number of amides is 1. The number of fused-ring (bicyclic) bond motifs is 1. The number of hydrogen-bond donors (Lipinski definition) is 2. The second kappa shape index (κ2) is 5.05. The SMILES string of the molecule is CN1CCCC(NC(=O)c2ccc3[nH]ccc3c2)C1. The van der Waals surface area contributed by atoms with Crippen LogP contribution in [0.15, 0.2) is 30.5 Å². The van der Waals surface area contributed by atoms with Crippen molar-refractivity contribution >= 4 is 16.8 Å². The number of H-pyrrole nitrogens is 1. The van der Waals surface area contributed by atoms with Gasteiger partial charge in [0.2, 0.25) is 0 Å². The molecule has 2 aromatic rings. The predicted molar refractivity (Wildman–Crippen MR) is 76.3 cm³/mol. The summed E-state index contributed by atoms with van der Waals surface area (Å²) in [6.45, 7) is 2.07. The Morgan fingerprint density at radius 2 is 2.32 bits per heavy atom. The minimum Gasteiger partial charge on any atom is -0.361 e. The van der Waals surface area contributed by atoms with Gasteiger partial charge in [-0.2, -0.15) is 0 Å². The maximum absolute atomic E-state index is 12.2. The second-order valence-corrected chi connectivity index (χ2v) is 5.35. The van der Waals surface area contributed by atoms with Crippen LogP contribution in [0, 0.1) is 0 Å². The minimum atomic E-state index is 0.0309. The molecule has 19 heavy (non-hydrogen) atoms. The van der Waals surface area contributed by atoms with Gasteiger partial charge in [0.25, 0.3) is 5.91 Å². The number of likely N-dealkylation sites (N-methyl/N-ethyl adjacent to an activating group) is 1. The molecular formula is C15H19N3O. The monoisotopic (exact) mass is 257 g/mol. The molecule has 1 aliphatic heterocycles. The molecule has 1 fully saturated rings. The van der Waals surface area contributed by atoms with Gasteiger partial charge in [-0.1, -0.05) is 0 Å². The van der Waals surface area contributed by atoms with Crippen molar-refractivity contribution in [2.45, 2.75) is 18.9 Å². The number of likely N-dealkylation sites (tertiary alicyclic amines) is 1. The number of aromatic amines is 1. The maximum atomic E-state index is 12.2. The smallest absolute Gasteiger partial charge is 0.251 e. The third kappa shape index (κ3) is 2.63. The Balaban J connectivity index is 1.72. The van der Waals surface area contributed by atoms with Gasteiger partial charge in [-0.15, -0.1) is 0 Å². The van der Waals surface area contributed by atoms with Crippen LogP contribution in [0.3, 0.4) is 0 Å². The summed E-state index contributed by atoms with van der Waals surface area (Å²) in [7, 11) is 2.10. The molecule has 0 spiro atoms. The summed E-state index contributed by atoms with van der Waals surface area (Å²) in [6.07, 6.45) is 4.11. The fourth-order valence-electron chi connectivity index (χ4n) is 2.75. The quantitative estimate of drug-likeness (QED) is 0.864. The Hall–Kier alpha value is -1.81. The number of aromatic nitrogens is 1. The van der Waals surface area contributed by atoms with Crippen molar-refractivity contribution in [1.82, 2.24) is 15.2 Å². The molecule has 1 aromatic heterocycles. The van der Waals surface area contributed by atoms with Crippen LogP contribution in [-0.2, 0) is 0 Å². The number of benzene rings is 1. The standard InChI is InChI=1S/C15H19N3O/c1-18-8-2-3-13(10-18)17-15(19)12-4-5-14-11(9-12)6-7-16-14/h4-7,9,13,16H,2-3,8,10H2,1H3,(H,17,19). The van der Waals surface area contributed by atoms with Crippen LogP contribution in [0.25, 0.3) is 10.9 Å². The number of piperidine rings is 1. The van der Waals surface area contributed by atoms with Gasteiger partial charge in [0, 0.05) is 35.2 Å². The number of nitrogens with one attached hydrogen (secondary N) is 2. The average Bonchev–Trinajstić information content (AvgIpc) is 2.85. The number of carbonyl (C=O) groups excluding carboxylic acids is 1. The van der Waals surface area contributed by atoms with Crippen molar-refractivity contribution in [3.63, 3.8) is 0 Å². The molecule has 0 aliphatic carbocycles. The van der Waals surface area contributed by atoms with Crippen molar-refractivity contribution in [3.8, 4) is 0 Å². The van der Waals surface area contributed by atoms with E-state index in [1.54, 1.807) is 0 Å². The van der Waals surface area contributed by atoms with E-state index in [4.69, 9.17) is 0 Å². The fourth-order valence-corrected chi connectivity index (χ4v) is 2.75. The van der Waals surface area contributed by atoms with E-state index >= 15 is 0 Å². The highest BCUT2D eigenvalue weighted by Gasteiger charge is 2.19. The largest absolute Gasteiger partial charge is 0.361 e. The molecule has 2 N–H and O–H groups in total. The highest BCUT2D eigenvalue weighted by Crippen LogP contribution is 2.15. The zero-order valence-electron chi connectivity index (χ0n) is 11.1. The summed E-state index contributed by atoms with van der Waals surface area (Å²) < 4.78 is 0. The van der Waals surface area contributed by atoms with E-state index in [-0.39, 0.29) is 11.9 Å². The molecule has 1 unspecified atom stereocenters. The van der Waals surface area contributed by atoms with Gasteiger partial charge in [-0.3, -0.25) is 4.79 Å². The molecule has 4 heteroatoms. The van der Waals surface area contributed by atoms with Crippen molar-refractivity contribution < 1.29 is 4.79 Å². The summed E-state index contributed by atoms with van der Waals surface area (Å²) in [6, 6.07) is 8.03. The minimum absolute atomic E-state index is 0.0309. The zero-order chi connectivity index (χ0) is 13.2. The third-order valence-corrected chi connectivity index (χ3v) is 3.78. The predicted octanol–water partition coefficient (Wildman–Crippen LogP) is 1.99. The molecule has 3 rings (SSSR count). The van der Waals surface area contributed by atoms with Crippen LogP contribution in [0.2, 0.25) is 0 Å². The van der Waals surface area contributed by atoms with Crippen LogP contribution >= 0.6 is 0 Å². The number of hydrogen-bond acceptors (Lipinski definition) is 2. The lowest BCUT2D eigenvalue weighted by atomic mass is 10.1. The lowest BCUT2D eigenvalue weighted by Gasteiger charge is -2.30. The second-order valence-electron chi connectivity index (χ2n) is 5.35. The maximum Gasteiger partial charge on any atom is 0.251 e. The summed E-state index contributed by atoms with van der Waals surface area (Å²) in [4.78, 5) is 17.6. The molecule has 100 valence electrons. The van der Waals surface area contributed by atoms with Gasteiger partial charge in [0.1, 0.15) is 0 Å². The van der Waals surface area contributed by atoms with E-state index in [1.807, 2.05) is 30.5 Å². The van der Waals surface area contributed by atoms with E-state index in [0.717, 1.165) is 42.4 Å². The molecule has 1 atom stereocenters. The topological polar surface area (TPSA) is 48.1 Å². The Labute approximate surface area is 112 Å². The van der Waals surface area contributed by atoms with Crippen molar-refractivity contribution in [3.05, 3.63) is 36.0 Å². The van der Waals surface area contributed by atoms with E-state index in [2.05, 4.69) is 22.2 Å². The number of rotatable bonds is 2. The molecule has 1 aromatic carbocycles. The van der Waals surface area contributed by atoms with Gasteiger partial charge in [0.05, 0.1) is 0 Å². The Morgan fingerprint density at radius 3 is 3.16 bits per heavy atom. The fraction of sp³-hybridized carbons (Fsp3) is 0.400. The van der Waals surface area contributed by atoms with E-state index in [9.17, 15) is 4.79 Å². The molecule has 1 amide bonds. The van der Waals surface area contributed by atoms with Gasteiger partial charge >= 0.3 is 0 Å². The zero-order valence-corrected chi connectivity index (χ0v) is 11.1. The molecule has 1 saturated heterocycles. The molecule has 2 heterocycles. The molecular weight excluding hydrogens is 238 g/mol. The van der Waals surface area contributed by atoms with Crippen LogP contribution < -0.4 is 5.32 Å². The van der Waals surface area contributed by atoms with Crippen LogP contribution in [-0.4, -0.2) is 42.0 Å². The summed E-state index contributed by atoms with van der Waals surface area (Å²) in [5.74, 6) is 0.0309. The van der Waals surface area contributed by atoms with Crippen LogP contribution in [0.4, 0.5) is 0 Å². The first-order valence-electron chi connectivity index (χ1n) is 6.79. The van der Waals surface area contributed by atoms with E-state index < -0.39 is 0 Å². The lowest BCUT2D eigenvalue weighted by molar-refractivity contribution is 0.0912. The normalized spacial score (nSPS) is 20.6. The average molecular weight is 257 g/mol. The molecule has 0 bridgehead atoms. The van der Waals surface area contributed by atoms with Crippen molar-refractivity contribution in [1.29, 1.82) is 0 Å². The molecule has 0 radical (unpaired) electrons. The van der Waals surface area contributed by atoms with Crippen LogP contribution in [0.5, 0.6) is 0 Å². The highest BCUT2D eigenvalue weighted by atomic mass is 16.1. The molecule has 1 aliphatic rings. The Kier molecular flexibility index (Phi) is 3.25. The van der Waals surface area contributed by atoms with Gasteiger partial charge in [-0.05, 0) is 50.7 Å². The Morgan fingerprint density at radius 1 is 1.42 bits per heavy atom. The number of carbonyl (C=O) groups is 1. The molecule has 4 nitrogen and oxygen atoms in total. The summed E-state index contributed by atoms with van der Waals surface area (Å²) >= 11 is 0. The lowest BCUT2D eigenvalue weighted by Crippen LogP contribution is -2.46. The summed E-state index contributed by atoms with van der Waals surface area (Å²) in [5, 5.41) is 4.21.